The molecule has 2 heteroatoms. The van der Waals surface area contributed by atoms with Crippen molar-refractivity contribution in [3.05, 3.63) is 35.0 Å². The lowest BCUT2D eigenvalue weighted by Crippen LogP contribution is -2.25. The highest BCUT2D eigenvalue weighted by molar-refractivity contribution is 5.89. The van der Waals surface area contributed by atoms with E-state index in [1.807, 2.05) is 0 Å². The fourth-order valence-corrected chi connectivity index (χ4v) is 3.40. The first-order valence-electron chi connectivity index (χ1n) is 6.98. The molecule has 0 radical (unpaired) electrons. The van der Waals surface area contributed by atoms with Crippen LogP contribution in [0, 0.1) is 19.8 Å². The Morgan fingerprint density at radius 3 is 2.72 bits per heavy atom. The van der Waals surface area contributed by atoms with Crippen LogP contribution in [0.25, 0.3) is 10.9 Å². The molecule has 0 aliphatic heterocycles. The summed E-state index contributed by atoms with van der Waals surface area (Å²) in [5, 5.41) is 1.43. The first-order chi connectivity index (χ1) is 8.66. The third-order valence-corrected chi connectivity index (χ3v) is 4.53. The number of aryl methyl sites for hydroxylation is 2. The van der Waals surface area contributed by atoms with E-state index < -0.39 is 0 Å². The van der Waals surface area contributed by atoms with Gasteiger partial charge in [0.05, 0.1) is 0 Å². The van der Waals surface area contributed by atoms with Crippen LogP contribution >= 0.6 is 0 Å². The Bertz CT molecular complexity index is 568. The van der Waals surface area contributed by atoms with Gasteiger partial charge in [0, 0.05) is 23.1 Å². The van der Waals surface area contributed by atoms with E-state index >= 15 is 0 Å². The van der Waals surface area contributed by atoms with Crippen LogP contribution < -0.4 is 5.73 Å². The number of hydrogen-bond donors (Lipinski definition) is 2. The molecule has 1 aromatic carbocycles. The van der Waals surface area contributed by atoms with E-state index in [0.717, 1.165) is 6.42 Å². The van der Waals surface area contributed by atoms with Gasteiger partial charge in [-0.3, -0.25) is 0 Å². The van der Waals surface area contributed by atoms with Gasteiger partial charge >= 0.3 is 0 Å². The van der Waals surface area contributed by atoms with Gasteiger partial charge in [-0.1, -0.05) is 18.6 Å². The van der Waals surface area contributed by atoms with Gasteiger partial charge in [0.15, 0.2) is 0 Å². The van der Waals surface area contributed by atoms with Gasteiger partial charge in [-0.25, -0.2) is 0 Å². The molecule has 96 valence electrons. The molecule has 3 rings (SSSR count). The highest BCUT2D eigenvalue weighted by atomic mass is 14.7. The molecule has 18 heavy (non-hydrogen) atoms. The molecule has 1 aliphatic rings. The fraction of sp³-hybridized carbons (Fsp3) is 0.500. The molecular weight excluding hydrogens is 220 g/mol. The Kier molecular flexibility index (Phi) is 2.90. The van der Waals surface area contributed by atoms with Gasteiger partial charge in [0.25, 0.3) is 0 Å². The zero-order valence-corrected chi connectivity index (χ0v) is 11.3. The first-order valence-corrected chi connectivity index (χ1v) is 6.98. The van der Waals surface area contributed by atoms with Crippen LogP contribution in [-0.4, -0.2) is 11.0 Å². The van der Waals surface area contributed by atoms with E-state index in [0.29, 0.717) is 12.0 Å². The van der Waals surface area contributed by atoms with Crippen LogP contribution in [0.5, 0.6) is 0 Å². The Morgan fingerprint density at radius 2 is 2.00 bits per heavy atom. The highest BCUT2D eigenvalue weighted by Crippen LogP contribution is 2.32. The molecule has 2 aromatic rings. The maximum Gasteiger partial charge on any atom is 0.0489 e. The van der Waals surface area contributed by atoms with Crippen LogP contribution in [0.15, 0.2) is 18.3 Å². The molecule has 0 spiro atoms. The Hall–Kier alpha value is -1.28. The normalized spacial score (nSPS) is 23.9. The summed E-state index contributed by atoms with van der Waals surface area (Å²) in [6, 6.07) is 4.82. The number of hydrogen-bond acceptors (Lipinski definition) is 1. The van der Waals surface area contributed by atoms with Crippen molar-refractivity contribution < 1.29 is 0 Å². The van der Waals surface area contributed by atoms with Crippen molar-refractivity contribution in [2.24, 2.45) is 11.7 Å². The summed E-state index contributed by atoms with van der Waals surface area (Å²) in [4.78, 5) is 3.45. The SMILES string of the molecule is Cc1ccc(C)c2c(CC3CCCC3N)c[nH]c12. The molecule has 2 unspecified atom stereocenters. The lowest BCUT2D eigenvalue weighted by molar-refractivity contribution is 0.480. The van der Waals surface area contributed by atoms with Gasteiger partial charge in [-0.2, -0.15) is 0 Å². The first kappa shape index (κ1) is 11.8. The van der Waals surface area contributed by atoms with Gasteiger partial charge in [-0.05, 0) is 55.7 Å². The summed E-state index contributed by atoms with van der Waals surface area (Å²) in [6.45, 7) is 4.37. The van der Waals surface area contributed by atoms with E-state index in [1.54, 1.807) is 0 Å². The average molecular weight is 242 g/mol. The van der Waals surface area contributed by atoms with Crippen LogP contribution in [0.2, 0.25) is 0 Å². The third kappa shape index (κ3) is 1.85. The lowest BCUT2D eigenvalue weighted by atomic mass is 9.93. The van der Waals surface area contributed by atoms with Crippen molar-refractivity contribution in [3.8, 4) is 0 Å². The Balaban J connectivity index is 2.00. The number of nitrogens with two attached hydrogens (primary N) is 1. The standard InChI is InChI=1S/C16H22N2/c1-10-6-7-11(2)16-15(10)13(9-18-16)8-12-4-3-5-14(12)17/h6-7,9,12,14,18H,3-5,8,17H2,1-2H3. The quantitative estimate of drug-likeness (QED) is 0.832. The zero-order chi connectivity index (χ0) is 12.7. The smallest absolute Gasteiger partial charge is 0.0489 e. The number of rotatable bonds is 2. The number of aromatic amines is 1. The maximum absolute atomic E-state index is 6.20. The van der Waals surface area contributed by atoms with Crippen LogP contribution in [-0.2, 0) is 6.42 Å². The molecule has 1 saturated carbocycles. The van der Waals surface area contributed by atoms with Crippen LogP contribution in [0.4, 0.5) is 0 Å². The fourth-order valence-electron chi connectivity index (χ4n) is 3.40. The third-order valence-electron chi connectivity index (χ3n) is 4.53. The second-order valence-electron chi connectivity index (χ2n) is 5.82. The van der Waals surface area contributed by atoms with Gasteiger partial charge in [0.1, 0.15) is 0 Å². The monoisotopic (exact) mass is 242 g/mol. The molecule has 1 fully saturated rings. The van der Waals surface area contributed by atoms with Crippen molar-refractivity contribution in [2.75, 3.05) is 0 Å². The Labute approximate surface area is 109 Å². The molecule has 0 bridgehead atoms. The summed E-state index contributed by atoms with van der Waals surface area (Å²) in [6.07, 6.45) is 7.11. The second-order valence-corrected chi connectivity index (χ2v) is 5.82. The van der Waals surface area contributed by atoms with E-state index in [9.17, 15) is 0 Å². The van der Waals surface area contributed by atoms with Crippen molar-refractivity contribution >= 4 is 10.9 Å². The minimum atomic E-state index is 0.403. The topological polar surface area (TPSA) is 41.8 Å². The average Bonchev–Trinajstić information content (AvgIpc) is 2.93. The number of benzene rings is 1. The van der Waals surface area contributed by atoms with E-state index in [-0.39, 0.29) is 0 Å². The summed E-state index contributed by atoms with van der Waals surface area (Å²) < 4.78 is 0. The number of H-pyrrole nitrogens is 1. The predicted molar refractivity (Wildman–Crippen MR) is 76.8 cm³/mol. The van der Waals surface area contributed by atoms with Crippen LogP contribution in [0.3, 0.4) is 0 Å². The molecule has 1 heterocycles. The van der Waals surface area contributed by atoms with Crippen molar-refractivity contribution in [2.45, 2.75) is 45.6 Å². The molecule has 2 atom stereocenters. The van der Waals surface area contributed by atoms with E-state index in [2.05, 4.69) is 37.2 Å². The molecule has 2 nitrogen and oxygen atoms in total. The van der Waals surface area contributed by atoms with Crippen molar-refractivity contribution in [1.29, 1.82) is 0 Å². The summed E-state index contributed by atoms with van der Waals surface area (Å²) >= 11 is 0. The van der Waals surface area contributed by atoms with Crippen molar-refractivity contribution in [3.63, 3.8) is 0 Å². The second kappa shape index (κ2) is 4.43. The molecule has 0 saturated heterocycles. The Morgan fingerprint density at radius 1 is 1.22 bits per heavy atom. The van der Waals surface area contributed by atoms with E-state index in [1.165, 1.54) is 46.9 Å². The largest absolute Gasteiger partial charge is 0.361 e. The van der Waals surface area contributed by atoms with Crippen molar-refractivity contribution in [1.82, 2.24) is 4.98 Å². The van der Waals surface area contributed by atoms with Crippen LogP contribution in [0.1, 0.15) is 36.0 Å². The van der Waals surface area contributed by atoms with Gasteiger partial charge in [0.2, 0.25) is 0 Å². The predicted octanol–water partition coefficient (Wildman–Crippen LogP) is 3.45. The molecule has 0 amide bonds. The van der Waals surface area contributed by atoms with E-state index in [4.69, 9.17) is 5.73 Å². The summed E-state index contributed by atoms with van der Waals surface area (Å²) in [5.41, 5.74) is 11.7. The van der Waals surface area contributed by atoms with Gasteiger partial charge < -0.3 is 10.7 Å². The lowest BCUT2D eigenvalue weighted by Gasteiger charge is -2.15. The number of nitrogens with one attached hydrogen (secondary N) is 1. The molecule has 1 aromatic heterocycles. The van der Waals surface area contributed by atoms with Gasteiger partial charge in [-0.15, -0.1) is 0 Å². The molecular formula is C16H22N2. The highest BCUT2D eigenvalue weighted by Gasteiger charge is 2.25. The molecule has 3 N–H and O–H groups in total. The minimum absolute atomic E-state index is 0.403. The zero-order valence-electron chi connectivity index (χ0n) is 11.3. The minimum Gasteiger partial charge on any atom is -0.361 e. The maximum atomic E-state index is 6.20. The number of fused-ring (bicyclic) bond motifs is 1. The summed E-state index contributed by atoms with van der Waals surface area (Å²) in [5.74, 6) is 0.670. The molecule has 1 aliphatic carbocycles. The summed E-state index contributed by atoms with van der Waals surface area (Å²) in [7, 11) is 0. The number of aromatic nitrogens is 1.